The zero-order valence-corrected chi connectivity index (χ0v) is 14.5. The topological polar surface area (TPSA) is 56.0 Å². The second-order valence-corrected chi connectivity index (χ2v) is 7.69. The maximum atomic E-state index is 4.86. The third-order valence-corrected chi connectivity index (χ3v) is 5.99. The van der Waals surface area contributed by atoms with Gasteiger partial charge >= 0.3 is 0 Å². The third kappa shape index (κ3) is 1.99. The molecule has 6 heteroatoms. The first-order chi connectivity index (χ1) is 11.7. The molecule has 0 amide bonds. The first-order valence-electron chi connectivity index (χ1n) is 8.28. The van der Waals surface area contributed by atoms with Gasteiger partial charge in [-0.15, -0.1) is 16.4 Å². The number of aromatic nitrogens is 5. The van der Waals surface area contributed by atoms with Gasteiger partial charge in [-0.05, 0) is 49.8 Å². The number of fused-ring (bicyclic) bond motifs is 5. The van der Waals surface area contributed by atoms with Crippen LogP contribution in [0.25, 0.3) is 27.3 Å². The average molecular weight is 335 g/mol. The molecule has 1 atom stereocenters. The molecule has 5 nitrogen and oxygen atoms in total. The summed E-state index contributed by atoms with van der Waals surface area (Å²) in [6, 6.07) is 3.91. The van der Waals surface area contributed by atoms with Gasteiger partial charge in [0.2, 0.25) is 0 Å². The van der Waals surface area contributed by atoms with Crippen LogP contribution in [0.3, 0.4) is 0 Å². The van der Waals surface area contributed by atoms with Gasteiger partial charge in [0.25, 0.3) is 0 Å². The molecular weight excluding hydrogens is 318 g/mol. The Kier molecular flexibility index (Phi) is 2.97. The Bertz CT molecular complexity index is 1060. The standard InChI is InChI=1S/C18H17N5S/c1-10-5-6-14-13(8-10)15-17-21-16(12-4-3-7-19-9-12)22-23(17)11(2)20-18(15)24-14/h3-4,7,9-10H,5-6,8H2,1-2H3/t10-/m1/s1. The predicted molar refractivity (Wildman–Crippen MR) is 95.3 cm³/mol. The quantitative estimate of drug-likeness (QED) is 0.530. The summed E-state index contributed by atoms with van der Waals surface area (Å²) in [5.41, 5.74) is 3.31. The fraction of sp³-hybridized carbons (Fsp3) is 0.333. The molecule has 1 aliphatic rings. The normalized spacial score (nSPS) is 17.5. The highest BCUT2D eigenvalue weighted by Gasteiger charge is 2.24. The van der Waals surface area contributed by atoms with Crippen LogP contribution in [-0.4, -0.2) is 24.6 Å². The zero-order chi connectivity index (χ0) is 16.3. The highest BCUT2D eigenvalue weighted by Crippen LogP contribution is 2.39. The summed E-state index contributed by atoms with van der Waals surface area (Å²) in [5.74, 6) is 2.31. The van der Waals surface area contributed by atoms with Crippen LogP contribution >= 0.6 is 11.3 Å². The number of pyridine rings is 1. The van der Waals surface area contributed by atoms with E-state index in [1.165, 1.54) is 22.2 Å². The van der Waals surface area contributed by atoms with Gasteiger partial charge in [0.05, 0.1) is 5.39 Å². The molecule has 0 radical (unpaired) electrons. The zero-order valence-electron chi connectivity index (χ0n) is 13.7. The lowest BCUT2D eigenvalue weighted by Gasteiger charge is -2.17. The van der Waals surface area contributed by atoms with Crippen molar-refractivity contribution in [3.05, 3.63) is 40.8 Å². The number of aryl methyl sites for hydroxylation is 2. The number of hydrogen-bond donors (Lipinski definition) is 0. The van der Waals surface area contributed by atoms with E-state index in [2.05, 4.69) is 17.0 Å². The molecule has 1 aliphatic carbocycles. The lowest BCUT2D eigenvalue weighted by molar-refractivity contribution is 0.508. The van der Waals surface area contributed by atoms with Crippen molar-refractivity contribution in [1.29, 1.82) is 0 Å². The van der Waals surface area contributed by atoms with E-state index in [0.29, 0.717) is 5.82 Å². The Morgan fingerprint density at radius 1 is 1.29 bits per heavy atom. The molecule has 0 saturated heterocycles. The van der Waals surface area contributed by atoms with Crippen LogP contribution in [0.5, 0.6) is 0 Å². The minimum atomic E-state index is 0.712. The fourth-order valence-electron chi connectivity index (χ4n) is 3.56. The van der Waals surface area contributed by atoms with E-state index >= 15 is 0 Å². The molecule has 120 valence electrons. The van der Waals surface area contributed by atoms with E-state index in [9.17, 15) is 0 Å². The molecule has 0 spiro atoms. The van der Waals surface area contributed by atoms with Gasteiger partial charge in [0.15, 0.2) is 11.5 Å². The van der Waals surface area contributed by atoms with Gasteiger partial charge in [0, 0.05) is 22.8 Å². The lowest BCUT2D eigenvalue weighted by atomic mass is 9.89. The second kappa shape index (κ2) is 5.08. The van der Waals surface area contributed by atoms with Crippen LogP contribution in [0.15, 0.2) is 24.5 Å². The van der Waals surface area contributed by atoms with Gasteiger partial charge in [-0.2, -0.15) is 4.52 Å². The van der Waals surface area contributed by atoms with Gasteiger partial charge in [-0.3, -0.25) is 4.98 Å². The van der Waals surface area contributed by atoms with Crippen molar-refractivity contribution >= 4 is 27.2 Å². The lowest BCUT2D eigenvalue weighted by Crippen LogP contribution is -2.09. The average Bonchev–Trinajstić information content (AvgIpc) is 3.17. The van der Waals surface area contributed by atoms with E-state index in [1.807, 2.05) is 34.9 Å². The summed E-state index contributed by atoms with van der Waals surface area (Å²) in [6.45, 7) is 4.33. The van der Waals surface area contributed by atoms with E-state index in [1.54, 1.807) is 12.4 Å². The molecule has 4 heterocycles. The number of rotatable bonds is 1. The molecule has 0 unspecified atom stereocenters. The minimum absolute atomic E-state index is 0.712. The monoisotopic (exact) mass is 335 g/mol. The summed E-state index contributed by atoms with van der Waals surface area (Å²) >= 11 is 1.83. The van der Waals surface area contributed by atoms with Crippen LogP contribution < -0.4 is 0 Å². The highest BCUT2D eigenvalue weighted by molar-refractivity contribution is 7.19. The van der Waals surface area contributed by atoms with E-state index < -0.39 is 0 Å². The maximum Gasteiger partial charge on any atom is 0.183 e. The van der Waals surface area contributed by atoms with Gasteiger partial charge in [0.1, 0.15) is 10.7 Å². The number of nitrogens with zero attached hydrogens (tertiary/aromatic N) is 5. The molecule has 0 aliphatic heterocycles. The summed E-state index contributed by atoms with van der Waals surface area (Å²) in [7, 11) is 0. The molecule has 24 heavy (non-hydrogen) atoms. The Balaban J connectivity index is 1.83. The van der Waals surface area contributed by atoms with Crippen LogP contribution in [0.2, 0.25) is 0 Å². The van der Waals surface area contributed by atoms with E-state index in [4.69, 9.17) is 9.97 Å². The summed E-state index contributed by atoms with van der Waals surface area (Å²) < 4.78 is 1.89. The predicted octanol–water partition coefficient (Wildman–Crippen LogP) is 3.83. The third-order valence-electron chi connectivity index (χ3n) is 4.81. The van der Waals surface area contributed by atoms with Crippen molar-refractivity contribution in [3.8, 4) is 11.4 Å². The maximum absolute atomic E-state index is 4.86. The molecule has 0 N–H and O–H groups in total. The molecule has 4 aromatic rings. The summed E-state index contributed by atoms with van der Waals surface area (Å²) in [4.78, 5) is 16.4. The van der Waals surface area contributed by atoms with Crippen molar-refractivity contribution in [1.82, 2.24) is 24.6 Å². The SMILES string of the molecule is Cc1nc2sc3c(c2c2nc(-c4cccnc4)nn12)C[C@H](C)CC3. The van der Waals surface area contributed by atoms with Crippen molar-refractivity contribution in [3.63, 3.8) is 0 Å². The molecule has 0 aromatic carbocycles. The second-order valence-electron chi connectivity index (χ2n) is 6.60. The van der Waals surface area contributed by atoms with Crippen LogP contribution in [-0.2, 0) is 12.8 Å². The van der Waals surface area contributed by atoms with E-state index in [0.717, 1.165) is 40.6 Å². The summed E-state index contributed by atoms with van der Waals surface area (Å²) in [6.07, 6.45) is 7.11. The van der Waals surface area contributed by atoms with Crippen molar-refractivity contribution in [2.24, 2.45) is 5.92 Å². The smallest absolute Gasteiger partial charge is 0.183 e. The first kappa shape index (κ1) is 14.0. The van der Waals surface area contributed by atoms with Gasteiger partial charge in [-0.1, -0.05) is 6.92 Å². The Hall–Kier alpha value is -2.34. The molecule has 4 aromatic heterocycles. The van der Waals surface area contributed by atoms with Crippen LogP contribution in [0, 0.1) is 12.8 Å². The highest BCUT2D eigenvalue weighted by atomic mass is 32.1. The van der Waals surface area contributed by atoms with Crippen molar-refractivity contribution < 1.29 is 0 Å². The van der Waals surface area contributed by atoms with Crippen molar-refractivity contribution in [2.45, 2.75) is 33.1 Å². The molecule has 0 saturated carbocycles. The van der Waals surface area contributed by atoms with Crippen molar-refractivity contribution in [2.75, 3.05) is 0 Å². The Labute approximate surface area is 143 Å². The summed E-state index contributed by atoms with van der Waals surface area (Å²) in [5, 5.41) is 5.89. The molecule has 5 rings (SSSR count). The first-order valence-corrected chi connectivity index (χ1v) is 9.10. The minimum Gasteiger partial charge on any atom is -0.264 e. The number of hydrogen-bond acceptors (Lipinski definition) is 5. The molecule has 0 bridgehead atoms. The number of thiophene rings is 1. The van der Waals surface area contributed by atoms with Crippen LogP contribution in [0.4, 0.5) is 0 Å². The largest absolute Gasteiger partial charge is 0.264 e. The fourth-order valence-corrected chi connectivity index (χ4v) is 4.82. The Morgan fingerprint density at radius 3 is 3.04 bits per heavy atom. The van der Waals surface area contributed by atoms with Gasteiger partial charge < -0.3 is 0 Å². The van der Waals surface area contributed by atoms with E-state index in [-0.39, 0.29) is 0 Å². The Morgan fingerprint density at radius 2 is 2.21 bits per heavy atom. The van der Waals surface area contributed by atoms with Gasteiger partial charge in [-0.25, -0.2) is 9.97 Å². The molecule has 0 fully saturated rings. The molecular formula is C18H17N5S. The van der Waals surface area contributed by atoms with Crippen LogP contribution in [0.1, 0.15) is 29.6 Å².